The van der Waals surface area contributed by atoms with E-state index < -0.39 is 0 Å². The van der Waals surface area contributed by atoms with Crippen LogP contribution in [-0.4, -0.2) is 9.97 Å². The fourth-order valence-electron chi connectivity index (χ4n) is 3.53. The quantitative estimate of drug-likeness (QED) is 0.428. The van der Waals surface area contributed by atoms with Crippen LogP contribution in [-0.2, 0) is 5.41 Å². The number of aryl methyl sites for hydroxylation is 1. The van der Waals surface area contributed by atoms with Crippen molar-refractivity contribution in [3.8, 4) is 11.3 Å². The van der Waals surface area contributed by atoms with Gasteiger partial charge in [-0.15, -0.1) is 0 Å². The largest absolute Gasteiger partial charge is 0.438 e. The van der Waals surface area contributed by atoms with Gasteiger partial charge >= 0.3 is 0 Å². The Morgan fingerprint density at radius 2 is 1.77 bits per heavy atom. The number of nitrogens with zero attached hydrogens (tertiary/aromatic N) is 2. The van der Waals surface area contributed by atoms with Crippen LogP contribution < -0.4 is 0 Å². The highest BCUT2D eigenvalue weighted by Crippen LogP contribution is 2.34. The standard InChI is InChI=1S/C23H24N2O/c1-5-23(4,6-2)17-11-12-24-20(14-17)16-8-10-21-19(13-16)18-9-7-15(3)25-22(18)26-21/h7-14H,5-6H2,1-4H3. The molecule has 0 saturated heterocycles. The fraction of sp³-hybridized carbons (Fsp3) is 0.304. The van der Waals surface area contributed by atoms with Crippen molar-refractivity contribution >= 4 is 22.1 Å². The Morgan fingerprint density at radius 1 is 0.962 bits per heavy atom. The molecule has 3 aromatic heterocycles. The van der Waals surface area contributed by atoms with Crippen molar-refractivity contribution in [1.29, 1.82) is 0 Å². The van der Waals surface area contributed by atoms with Crippen LogP contribution in [0.5, 0.6) is 0 Å². The molecule has 0 spiro atoms. The number of hydrogen-bond acceptors (Lipinski definition) is 3. The van der Waals surface area contributed by atoms with Gasteiger partial charge in [-0.3, -0.25) is 4.98 Å². The van der Waals surface area contributed by atoms with E-state index >= 15 is 0 Å². The van der Waals surface area contributed by atoms with Crippen LogP contribution in [0.1, 0.15) is 44.9 Å². The zero-order valence-corrected chi connectivity index (χ0v) is 15.8. The van der Waals surface area contributed by atoms with Crippen molar-refractivity contribution in [2.75, 3.05) is 0 Å². The van der Waals surface area contributed by atoms with Crippen molar-refractivity contribution in [3.63, 3.8) is 0 Å². The minimum atomic E-state index is 0.186. The normalized spacial score (nSPS) is 12.2. The molecule has 132 valence electrons. The third-order valence-corrected chi connectivity index (χ3v) is 5.79. The van der Waals surface area contributed by atoms with E-state index in [-0.39, 0.29) is 5.41 Å². The topological polar surface area (TPSA) is 38.9 Å². The van der Waals surface area contributed by atoms with Crippen LogP contribution in [0.25, 0.3) is 33.3 Å². The maximum absolute atomic E-state index is 5.91. The molecule has 26 heavy (non-hydrogen) atoms. The Bertz CT molecular complexity index is 1090. The van der Waals surface area contributed by atoms with Crippen molar-refractivity contribution in [2.45, 2.75) is 46.0 Å². The minimum absolute atomic E-state index is 0.186. The van der Waals surface area contributed by atoms with E-state index in [2.05, 4.69) is 61.1 Å². The van der Waals surface area contributed by atoms with E-state index in [4.69, 9.17) is 4.42 Å². The van der Waals surface area contributed by atoms with Crippen molar-refractivity contribution in [1.82, 2.24) is 9.97 Å². The van der Waals surface area contributed by atoms with Crippen molar-refractivity contribution < 1.29 is 4.42 Å². The fourth-order valence-corrected chi connectivity index (χ4v) is 3.53. The third kappa shape index (κ3) is 2.68. The molecule has 0 radical (unpaired) electrons. The molecule has 0 fully saturated rings. The second kappa shape index (κ2) is 6.24. The molecule has 0 N–H and O–H groups in total. The van der Waals surface area contributed by atoms with Crippen LogP contribution >= 0.6 is 0 Å². The summed E-state index contributed by atoms with van der Waals surface area (Å²) < 4.78 is 5.91. The first-order valence-electron chi connectivity index (χ1n) is 9.31. The second-order valence-corrected chi connectivity index (χ2v) is 7.32. The number of furan rings is 1. The van der Waals surface area contributed by atoms with Crippen molar-refractivity contribution in [3.05, 3.63) is 59.9 Å². The molecule has 0 saturated carbocycles. The molecule has 0 unspecified atom stereocenters. The summed E-state index contributed by atoms with van der Waals surface area (Å²) in [5.74, 6) is 0. The molecule has 3 heteroatoms. The van der Waals surface area contributed by atoms with Gasteiger partial charge in [-0.05, 0) is 73.2 Å². The summed E-state index contributed by atoms with van der Waals surface area (Å²) >= 11 is 0. The molecule has 0 aliphatic heterocycles. The number of fused-ring (bicyclic) bond motifs is 3. The first-order valence-corrected chi connectivity index (χ1v) is 9.31. The molecule has 4 aromatic rings. The van der Waals surface area contributed by atoms with E-state index in [0.717, 1.165) is 46.1 Å². The second-order valence-electron chi connectivity index (χ2n) is 7.32. The molecule has 3 heterocycles. The van der Waals surface area contributed by atoms with Gasteiger partial charge < -0.3 is 4.42 Å². The van der Waals surface area contributed by atoms with Crippen LogP contribution in [0.4, 0.5) is 0 Å². The lowest BCUT2D eigenvalue weighted by atomic mass is 9.78. The smallest absolute Gasteiger partial charge is 0.227 e. The number of rotatable bonds is 4. The predicted octanol–water partition coefficient (Wildman–Crippen LogP) is 6.43. The first-order chi connectivity index (χ1) is 12.5. The summed E-state index contributed by atoms with van der Waals surface area (Å²) in [5, 5.41) is 2.14. The van der Waals surface area contributed by atoms with Gasteiger partial charge in [-0.1, -0.05) is 20.8 Å². The van der Waals surface area contributed by atoms with Gasteiger partial charge in [0, 0.05) is 28.2 Å². The Hall–Kier alpha value is -2.68. The molecule has 3 nitrogen and oxygen atoms in total. The zero-order chi connectivity index (χ0) is 18.3. The molecular formula is C23H24N2O. The molecular weight excluding hydrogens is 320 g/mol. The van der Waals surface area contributed by atoms with E-state index in [0.29, 0.717) is 5.71 Å². The van der Waals surface area contributed by atoms with E-state index in [1.165, 1.54) is 5.56 Å². The molecule has 4 rings (SSSR count). The van der Waals surface area contributed by atoms with Crippen LogP contribution in [0.15, 0.2) is 53.1 Å². The highest BCUT2D eigenvalue weighted by atomic mass is 16.3. The Labute approximate surface area is 154 Å². The Morgan fingerprint density at radius 3 is 2.54 bits per heavy atom. The lowest BCUT2D eigenvalue weighted by Crippen LogP contribution is -2.19. The average Bonchev–Trinajstić information content (AvgIpc) is 3.04. The average molecular weight is 344 g/mol. The van der Waals surface area contributed by atoms with Crippen molar-refractivity contribution in [2.24, 2.45) is 0 Å². The lowest BCUT2D eigenvalue weighted by molar-refractivity contribution is 0.438. The highest BCUT2D eigenvalue weighted by molar-refractivity contribution is 6.04. The Kier molecular flexibility index (Phi) is 4.03. The van der Waals surface area contributed by atoms with E-state index in [1.54, 1.807) is 0 Å². The molecule has 0 aliphatic carbocycles. The number of pyridine rings is 2. The molecule has 0 atom stereocenters. The van der Waals surface area contributed by atoms with Gasteiger partial charge in [0.15, 0.2) is 0 Å². The zero-order valence-electron chi connectivity index (χ0n) is 15.8. The summed E-state index contributed by atoms with van der Waals surface area (Å²) in [6.45, 7) is 8.81. The third-order valence-electron chi connectivity index (χ3n) is 5.79. The van der Waals surface area contributed by atoms with Gasteiger partial charge in [0.1, 0.15) is 5.58 Å². The summed E-state index contributed by atoms with van der Waals surface area (Å²) in [7, 11) is 0. The van der Waals surface area contributed by atoms with Crippen LogP contribution in [0.3, 0.4) is 0 Å². The Balaban J connectivity index is 1.86. The first kappa shape index (κ1) is 16.8. The summed E-state index contributed by atoms with van der Waals surface area (Å²) in [6, 6.07) is 14.8. The maximum atomic E-state index is 5.91. The summed E-state index contributed by atoms with van der Waals surface area (Å²) in [6.07, 6.45) is 4.16. The van der Waals surface area contributed by atoms with E-state index in [9.17, 15) is 0 Å². The molecule has 1 aromatic carbocycles. The predicted molar refractivity (Wildman–Crippen MR) is 107 cm³/mol. The molecule has 0 aliphatic rings. The van der Waals surface area contributed by atoms with E-state index in [1.807, 2.05) is 25.3 Å². The summed E-state index contributed by atoms with van der Waals surface area (Å²) in [5.41, 5.74) is 6.18. The van der Waals surface area contributed by atoms with Crippen LogP contribution in [0.2, 0.25) is 0 Å². The SMILES string of the molecule is CCC(C)(CC)c1ccnc(-c2ccc3oc4nc(C)ccc4c3c2)c1. The highest BCUT2D eigenvalue weighted by Gasteiger charge is 2.22. The number of benzene rings is 1. The molecule has 0 amide bonds. The maximum Gasteiger partial charge on any atom is 0.227 e. The van der Waals surface area contributed by atoms with Gasteiger partial charge in [-0.2, -0.15) is 0 Å². The monoisotopic (exact) mass is 344 g/mol. The molecule has 0 bridgehead atoms. The summed E-state index contributed by atoms with van der Waals surface area (Å²) in [4.78, 5) is 9.13. The minimum Gasteiger partial charge on any atom is -0.438 e. The van der Waals surface area contributed by atoms with Gasteiger partial charge in [-0.25, -0.2) is 4.98 Å². The number of hydrogen-bond donors (Lipinski definition) is 0. The number of aromatic nitrogens is 2. The van der Waals surface area contributed by atoms with Gasteiger partial charge in [0.05, 0.1) is 5.69 Å². The van der Waals surface area contributed by atoms with Crippen LogP contribution in [0, 0.1) is 6.92 Å². The van der Waals surface area contributed by atoms with Gasteiger partial charge in [0.25, 0.3) is 0 Å². The van der Waals surface area contributed by atoms with Gasteiger partial charge in [0.2, 0.25) is 5.71 Å². The lowest BCUT2D eigenvalue weighted by Gasteiger charge is -2.27.